The maximum absolute atomic E-state index is 11.6. The Morgan fingerprint density at radius 1 is 1.37 bits per heavy atom. The van der Waals surface area contributed by atoms with Crippen LogP contribution in [-0.4, -0.2) is 52.4 Å². The van der Waals surface area contributed by atoms with Gasteiger partial charge in [-0.15, -0.1) is 10.2 Å². The van der Waals surface area contributed by atoms with Gasteiger partial charge in [-0.25, -0.2) is 0 Å². The molecule has 19 heavy (non-hydrogen) atoms. The maximum atomic E-state index is 11.6. The van der Waals surface area contributed by atoms with Crippen molar-refractivity contribution in [2.24, 2.45) is 0 Å². The predicted octanol–water partition coefficient (Wildman–Crippen LogP) is 0.378. The minimum Gasteiger partial charge on any atom is -0.455 e. The summed E-state index contributed by atoms with van der Waals surface area (Å²) in [4.78, 5) is 24.8. The normalized spacial score (nSPS) is 14.6. The van der Waals surface area contributed by atoms with E-state index in [0.717, 1.165) is 25.9 Å². The molecule has 2 heterocycles. The lowest BCUT2D eigenvalue weighted by atomic mass is 10.4. The third kappa shape index (κ3) is 4.35. The second kappa shape index (κ2) is 6.71. The molecule has 1 aliphatic heterocycles. The number of aromatic nitrogens is 2. The number of nitrogen functional groups attached to an aromatic ring is 1. The van der Waals surface area contributed by atoms with Gasteiger partial charge in [-0.2, -0.15) is 0 Å². The molecule has 1 aromatic heterocycles. The van der Waals surface area contributed by atoms with E-state index in [4.69, 9.17) is 10.5 Å². The number of rotatable bonds is 5. The molecule has 0 aromatic carbocycles. The van der Waals surface area contributed by atoms with Gasteiger partial charge in [-0.1, -0.05) is 23.1 Å². The lowest BCUT2D eigenvalue weighted by Gasteiger charge is -2.14. The van der Waals surface area contributed by atoms with Crippen LogP contribution in [0.2, 0.25) is 0 Å². The van der Waals surface area contributed by atoms with Crippen LogP contribution in [0.3, 0.4) is 0 Å². The summed E-state index contributed by atoms with van der Waals surface area (Å²) in [7, 11) is 0. The topological polar surface area (TPSA) is 98.4 Å². The van der Waals surface area contributed by atoms with Crippen LogP contribution in [0.5, 0.6) is 0 Å². The van der Waals surface area contributed by atoms with E-state index < -0.39 is 5.97 Å². The summed E-state index contributed by atoms with van der Waals surface area (Å²) in [6.07, 6.45) is 2.04. The Bertz CT molecular complexity index is 459. The van der Waals surface area contributed by atoms with Crippen LogP contribution in [0.15, 0.2) is 4.34 Å². The van der Waals surface area contributed by atoms with E-state index in [-0.39, 0.29) is 18.3 Å². The molecular formula is C10H14N4O3S2. The maximum Gasteiger partial charge on any atom is 0.316 e. The first-order valence-corrected chi connectivity index (χ1v) is 7.60. The zero-order valence-corrected chi connectivity index (χ0v) is 11.8. The number of esters is 1. The lowest BCUT2D eigenvalue weighted by molar-refractivity contribution is -0.149. The summed E-state index contributed by atoms with van der Waals surface area (Å²) in [5.41, 5.74) is 5.42. The Balaban J connectivity index is 1.65. The minimum atomic E-state index is -0.439. The quantitative estimate of drug-likeness (QED) is 0.620. The van der Waals surface area contributed by atoms with E-state index in [2.05, 4.69) is 10.2 Å². The molecule has 0 bridgehead atoms. The van der Waals surface area contributed by atoms with Gasteiger partial charge in [-0.3, -0.25) is 9.59 Å². The highest BCUT2D eigenvalue weighted by molar-refractivity contribution is 8.01. The predicted molar refractivity (Wildman–Crippen MR) is 71.8 cm³/mol. The number of amides is 1. The third-order valence-electron chi connectivity index (χ3n) is 2.55. The highest BCUT2D eigenvalue weighted by atomic mass is 32.2. The molecule has 0 unspecified atom stereocenters. The van der Waals surface area contributed by atoms with Crippen molar-refractivity contribution in [3.8, 4) is 0 Å². The second-order valence-corrected chi connectivity index (χ2v) is 6.18. The first-order chi connectivity index (χ1) is 9.15. The van der Waals surface area contributed by atoms with Gasteiger partial charge in [0.1, 0.15) is 0 Å². The average Bonchev–Trinajstić information content (AvgIpc) is 3.04. The Morgan fingerprint density at radius 2 is 2.11 bits per heavy atom. The van der Waals surface area contributed by atoms with Crippen LogP contribution in [0.25, 0.3) is 0 Å². The van der Waals surface area contributed by atoms with Crippen molar-refractivity contribution in [2.45, 2.75) is 17.2 Å². The van der Waals surface area contributed by atoms with E-state index in [1.54, 1.807) is 4.90 Å². The molecule has 0 saturated carbocycles. The van der Waals surface area contributed by atoms with E-state index in [1.165, 1.54) is 23.1 Å². The molecule has 0 atom stereocenters. The fourth-order valence-electron chi connectivity index (χ4n) is 1.64. The first-order valence-electron chi connectivity index (χ1n) is 5.80. The molecule has 0 spiro atoms. The van der Waals surface area contributed by atoms with Crippen molar-refractivity contribution in [1.29, 1.82) is 0 Å². The molecule has 0 aliphatic carbocycles. The van der Waals surface area contributed by atoms with Gasteiger partial charge in [0.15, 0.2) is 10.9 Å². The number of carbonyl (C=O) groups excluding carboxylic acids is 2. The molecule has 2 N–H and O–H groups in total. The highest BCUT2D eigenvalue weighted by Crippen LogP contribution is 2.23. The summed E-state index contributed by atoms with van der Waals surface area (Å²) >= 11 is 2.41. The SMILES string of the molecule is Nc1nnc(SCC(=O)OCC(=O)N2CCCC2)s1. The van der Waals surface area contributed by atoms with Crippen molar-refractivity contribution >= 4 is 40.1 Å². The largest absolute Gasteiger partial charge is 0.455 e. The number of nitrogens with zero attached hydrogens (tertiary/aromatic N) is 3. The van der Waals surface area contributed by atoms with Gasteiger partial charge in [0.25, 0.3) is 5.91 Å². The monoisotopic (exact) mass is 302 g/mol. The number of likely N-dealkylation sites (tertiary alicyclic amines) is 1. The molecule has 9 heteroatoms. The van der Waals surface area contributed by atoms with Gasteiger partial charge in [0, 0.05) is 13.1 Å². The van der Waals surface area contributed by atoms with Crippen LogP contribution in [0.1, 0.15) is 12.8 Å². The van der Waals surface area contributed by atoms with Crippen LogP contribution in [-0.2, 0) is 14.3 Å². The highest BCUT2D eigenvalue weighted by Gasteiger charge is 2.19. The molecule has 0 radical (unpaired) electrons. The molecule has 1 saturated heterocycles. The molecular weight excluding hydrogens is 288 g/mol. The fraction of sp³-hybridized carbons (Fsp3) is 0.600. The summed E-state index contributed by atoms with van der Waals surface area (Å²) in [6.45, 7) is 1.34. The number of hydrogen-bond donors (Lipinski definition) is 1. The number of ether oxygens (including phenoxy) is 1. The van der Waals surface area contributed by atoms with Gasteiger partial charge >= 0.3 is 5.97 Å². The number of hydrogen-bond acceptors (Lipinski definition) is 8. The summed E-state index contributed by atoms with van der Waals surface area (Å²) in [6, 6.07) is 0. The summed E-state index contributed by atoms with van der Waals surface area (Å²) in [5.74, 6) is -0.468. The molecule has 7 nitrogen and oxygen atoms in total. The Labute approximate surface area is 118 Å². The Morgan fingerprint density at radius 3 is 2.74 bits per heavy atom. The zero-order chi connectivity index (χ0) is 13.7. The van der Waals surface area contributed by atoms with Crippen molar-refractivity contribution in [2.75, 3.05) is 31.2 Å². The Kier molecular flexibility index (Phi) is 4.97. The van der Waals surface area contributed by atoms with Crippen molar-refractivity contribution in [1.82, 2.24) is 15.1 Å². The molecule has 104 valence electrons. The molecule has 2 rings (SSSR count). The smallest absolute Gasteiger partial charge is 0.316 e. The van der Waals surface area contributed by atoms with Crippen molar-refractivity contribution in [3.05, 3.63) is 0 Å². The van der Waals surface area contributed by atoms with Crippen molar-refractivity contribution in [3.63, 3.8) is 0 Å². The van der Waals surface area contributed by atoms with Gasteiger partial charge in [0.05, 0.1) is 5.75 Å². The lowest BCUT2D eigenvalue weighted by Crippen LogP contribution is -2.32. The summed E-state index contributed by atoms with van der Waals surface area (Å²) in [5, 5.41) is 7.76. The minimum absolute atomic E-state index is 0.0991. The average molecular weight is 302 g/mol. The van der Waals surface area contributed by atoms with E-state index in [9.17, 15) is 9.59 Å². The third-order valence-corrected chi connectivity index (χ3v) is 4.41. The molecule has 1 amide bonds. The second-order valence-electron chi connectivity index (χ2n) is 3.94. The van der Waals surface area contributed by atoms with Crippen LogP contribution in [0.4, 0.5) is 5.13 Å². The van der Waals surface area contributed by atoms with Crippen LogP contribution >= 0.6 is 23.1 Å². The number of anilines is 1. The van der Waals surface area contributed by atoms with Crippen molar-refractivity contribution < 1.29 is 14.3 Å². The van der Waals surface area contributed by atoms with E-state index >= 15 is 0 Å². The molecule has 1 fully saturated rings. The number of nitrogens with two attached hydrogens (primary N) is 1. The molecule has 1 aromatic rings. The van der Waals surface area contributed by atoms with Crippen LogP contribution < -0.4 is 5.73 Å². The Hall–Kier alpha value is -1.35. The van der Waals surface area contributed by atoms with E-state index in [0.29, 0.717) is 9.47 Å². The van der Waals surface area contributed by atoms with Gasteiger partial charge in [-0.05, 0) is 12.8 Å². The van der Waals surface area contributed by atoms with Gasteiger partial charge in [0.2, 0.25) is 5.13 Å². The molecule has 1 aliphatic rings. The van der Waals surface area contributed by atoms with Crippen LogP contribution in [0, 0.1) is 0 Å². The summed E-state index contributed by atoms with van der Waals surface area (Å²) < 4.78 is 5.53. The fourth-order valence-corrected chi connectivity index (χ4v) is 3.08. The zero-order valence-electron chi connectivity index (χ0n) is 10.2. The van der Waals surface area contributed by atoms with E-state index in [1.807, 2.05) is 0 Å². The first kappa shape index (κ1) is 14.1. The number of carbonyl (C=O) groups is 2. The number of thioether (sulfide) groups is 1. The standard InChI is InChI=1S/C10H14N4O3S2/c11-9-12-13-10(19-9)18-6-8(16)17-5-7(15)14-3-1-2-4-14/h1-6H2,(H2,11,12). The van der Waals surface area contributed by atoms with Gasteiger partial charge < -0.3 is 15.4 Å².